The number of aryl methyl sites for hydroxylation is 1. The van der Waals surface area contributed by atoms with Gasteiger partial charge in [-0.1, -0.05) is 6.07 Å². The van der Waals surface area contributed by atoms with Gasteiger partial charge in [0.25, 0.3) is 5.91 Å². The second-order valence-corrected chi connectivity index (χ2v) is 4.45. The molecule has 0 spiro atoms. The Balaban J connectivity index is 2.28. The average Bonchev–Trinajstić information content (AvgIpc) is 2.93. The second kappa shape index (κ2) is 6.21. The van der Waals surface area contributed by atoms with E-state index in [2.05, 4.69) is 10.4 Å². The van der Waals surface area contributed by atoms with Gasteiger partial charge >= 0.3 is 0 Å². The van der Waals surface area contributed by atoms with Crippen LogP contribution in [0.5, 0.6) is 0 Å². The molecular weight excluding hydrogens is 256 g/mol. The fourth-order valence-electron chi connectivity index (χ4n) is 1.93. The second-order valence-electron chi connectivity index (χ2n) is 4.45. The molecule has 0 saturated carbocycles. The maximum atomic E-state index is 11.7. The molecule has 0 radical (unpaired) electrons. The first-order chi connectivity index (χ1) is 9.65. The SMILES string of the molecule is CNC(=O)c1cc(-c2cnn(CCCO)c2)ccc1N. The van der Waals surface area contributed by atoms with Gasteiger partial charge in [-0.15, -0.1) is 0 Å². The summed E-state index contributed by atoms with van der Waals surface area (Å²) in [5, 5.41) is 15.6. The largest absolute Gasteiger partial charge is 0.398 e. The van der Waals surface area contributed by atoms with Crippen LogP contribution in [-0.2, 0) is 6.54 Å². The smallest absolute Gasteiger partial charge is 0.253 e. The lowest BCUT2D eigenvalue weighted by molar-refractivity contribution is 0.0964. The number of aliphatic hydroxyl groups is 1. The van der Waals surface area contributed by atoms with E-state index >= 15 is 0 Å². The van der Waals surface area contributed by atoms with Crippen LogP contribution >= 0.6 is 0 Å². The van der Waals surface area contributed by atoms with Crippen molar-refractivity contribution in [2.75, 3.05) is 19.4 Å². The Morgan fingerprint density at radius 2 is 2.25 bits per heavy atom. The minimum Gasteiger partial charge on any atom is -0.398 e. The van der Waals surface area contributed by atoms with Crippen molar-refractivity contribution < 1.29 is 9.90 Å². The molecule has 0 atom stereocenters. The van der Waals surface area contributed by atoms with Crippen LogP contribution in [0.15, 0.2) is 30.6 Å². The maximum absolute atomic E-state index is 11.7. The molecule has 20 heavy (non-hydrogen) atoms. The number of nitrogens with one attached hydrogen (secondary N) is 1. The number of carbonyl (C=O) groups excluding carboxylic acids is 1. The summed E-state index contributed by atoms with van der Waals surface area (Å²) in [7, 11) is 1.57. The summed E-state index contributed by atoms with van der Waals surface area (Å²) in [5.41, 5.74) is 8.50. The molecule has 0 aliphatic carbocycles. The van der Waals surface area contributed by atoms with Crippen molar-refractivity contribution in [3.8, 4) is 11.1 Å². The maximum Gasteiger partial charge on any atom is 0.253 e. The summed E-state index contributed by atoms with van der Waals surface area (Å²) in [6.45, 7) is 0.797. The van der Waals surface area contributed by atoms with Gasteiger partial charge in [-0.05, 0) is 24.1 Å². The van der Waals surface area contributed by atoms with Crippen LogP contribution < -0.4 is 11.1 Å². The number of nitrogens with two attached hydrogens (primary N) is 1. The molecule has 0 fully saturated rings. The molecule has 6 nitrogen and oxygen atoms in total. The number of carbonyl (C=O) groups is 1. The lowest BCUT2D eigenvalue weighted by Crippen LogP contribution is -2.19. The fourth-order valence-corrected chi connectivity index (χ4v) is 1.93. The van der Waals surface area contributed by atoms with Gasteiger partial charge in [0, 0.05) is 37.6 Å². The van der Waals surface area contributed by atoms with Gasteiger partial charge in [-0.3, -0.25) is 9.48 Å². The molecule has 0 aliphatic heterocycles. The highest BCUT2D eigenvalue weighted by atomic mass is 16.3. The van der Waals surface area contributed by atoms with Crippen LogP contribution in [0.1, 0.15) is 16.8 Å². The zero-order valence-electron chi connectivity index (χ0n) is 11.3. The summed E-state index contributed by atoms with van der Waals surface area (Å²) in [5.74, 6) is -0.211. The summed E-state index contributed by atoms with van der Waals surface area (Å²) >= 11 is 0. The molecule has 4 N–H and O–H groups in total. The Morgan fingerprint density at radius 1 is 1.45 bits per heavy atom. The molecule has 1 aromatic carbocycles. The predicted octanol–water partition coefficient (Wildman–Crippen LogP) is 0.874. The molecule has 1 aromatic heterocycles. The monoisotopic (exact) mass is 274 g/mol. The number of rotatable bonds is 5. The van der Waals surface area contributed by atoms with E-state index in [9.17, 15) is 4.79 Å². The van der Waals surface area contributed by atoms with Crippen molar-refractivity contribution in [1.82, 2.24) is 15.1 Å². The summed E-state index contributed by atoms with van der Waals surface area (Å²) in [6.07, 6.45) is 4.28. The van der Waals surface area contributed by atoms with Gasteiger partial charge in [-0.2, -0.15) is 5.10 Å². The normalized spacial score (nSPS) is 10.5. The van der Waals surface area contributed by atoms with Crippen molar-refractivity contribution in [3.63, 3.8) is 0 Å². The lowest BCUT2D eigenvalue weighted by atomic mass is 10.0. The quantitative estimate of drug-likeness (QED) is 0.705. The van der Waals surface area contributed by atoms with Crippen molar-refractivity contribution in [2.24, 2.45) is 0 Å². The molecule has 2 aromatic rings. The van der Waals surface area contributed by atoms with Gasteiger partial charge in [0.1, 0.15) is 0 Å². The van der Waals surface area contributed by atoms with Crippen molar-refractivity contribution in [3.05, 3.63) is 36.2 Å². The number of hydrogen-bond acceptors (Lipinski definition) is 4. The topological polar surface area (TPSA) is 93.2 Å². The molecule has 1 heterocycles. The summed E-state index contributed by atoms with van der Waals surface area (Å²) in [4.78, 5) is 11.7. The van der Waals surface area contributed by atoms with E-state index in [-0.39, 0.29) is 12.5 Å². The van der Waals surface area contributed by atoms with Crippen molar-refractivity contribution in [2.45, 2.75) is 13.0 Å². The summed E-state index contributed by atoms with van der Waals surface area (Å²) in [6, 6.07) is 5.32. The van der Waals surface area contributed by atoms with Gasteiger partial charge in [0.05, 0.1) is 11.8 Å². The Bertz CT molecular complexity index is 607. The molecule has 0 unspecified atom stereocenters. The summed E-state index contributed by atoms with van der Waals surface area (Å²) < 4.78 is 1.77. The van der Waals surface area contributed by atoms with Crippen molar-refractivity contribution in [1.29, 1.82) is 0 Å². The molecular formula is C14H18N4O2. The average molecular weight is 274 g/mol. The molecule has 0 bridgehead atoms. The highest BCUT2D eigenvalue weighted by Gasteiger charge is 2.10. The highest BCUT2D eigenvalue weighted by molar-refractivity contribution is 6.00. The number of nitrogen functional groups attached to an aromatic ring is 1. The third kappa shape index (κ3) is 2.97. The third-order valence-corrected chi connectivity index (χ3v) is 3.04. The van der Waals surface area contributed by atoms with E-state index in [1.54, 1.807) is 30.1 Å². The number of amides is 1. The van der Waals surface area contributed by atoms with E-state index in [1.807, 2.05) is 12.3 Å². The third-order valence-electron chi connectivity index (χ3n) is 3.04. The van der Waals surface area contributed by atoms with E-state index in [4.69, 9.17) is 10.8 Å². The number of hydrogen-bond donors (Lipinski definition) is 3. The highest BCUT2D eigenvalue weighted by Crippen LogP contribution is 2.23. The zero-order chi connectivity index (χ0) is 14.5. The lowest BCUT2D eigenvalue weighted by Gasteiger charge is -2.06. The van der Waals surface area contributed by atoms with Crippen LogP contribution in [0.2, 0.25) is 0 Å². The van der Waals surface area contributed by atoms with Crippen LogP contribution in [-0.4, -0.2) is 34.4 Å². The number of nitrogens with zero attached hydrogens (tertiary/aromatic N) is 2. The Morgan fingerprint density at radius 3 is 2.95 bits per heavy atom. The van der Waals surface area contributed by atoms with E-state index in [0.717, 1.165) is 11.1 Å². The number of benzene rings is 1. The number of aliphatic hydroxyl groups excluding tert-OH is 1. The predicted molar refractivity (Wildman–Crippen MR) is 77.2 cm³/mol. The van der Waals surface area contributed by atoms with Crippen molar-refractivity contribution >= 4 is 11.6 Å². The first-order valence-electron chi connectivity index (χ1n) is 6.41. The first kappa shape index (κ1) is 14.1. The van der Waals surface area contributed by atoms with Gasteiger partial charge < -0.3 is 16.2 Å². The molecule has 0 aliphatic rings. The molecule has 1 amide bonds. The fraction of sp³-hybridized carbons (Fsp3) is 0.286. The molecule has 0 saturated heterocycles. The van der Waals surface area contributed by atoms with Crippen LogP contribution in [0.25, 0.3) is 11.1 Å². The zero-order valence-corrected chi connectivity index (χ0v) is 11.3. The van der Waals surface area contributed by atoms with Gasteiger partial charge in [0.2, 0.25) is 0 Å². The Kier molecular flexibility index (Phi) is 4.37. The van der Waals surface area contributed by atoms with E-state index in [0.29, 0.717) is 24.2 Å². The molecule has 6 heteroatoms. The first-order valence-corrected chi connectivity index (χ1v) is 6.41. The minimum atomic E-state index is -0.211. The van der Waals surface area contributed by atoms with E-state index < -0.39 is 0 Å². The standard InChI is InChI=1S/C14H18N4O2/c1-16-14(20)12-7-10(3-4-13(12)15)11-8-17-18(9-11)5-2-6-19/h3-4,7-9,19H,2,5-6,15H2,1H3,(H,16,20). The Hall–Kier alpha value is -2.34. The van der Waals surface area contributed by atoms with Gasteiger partial charge in [0.15, 0.2) is 0 Å². The number of anilines is 1. The molecule has 106 valence electrons. The Labute approximate surface area is 117 Å². The van der Waals surface area contributed by atoms with Crippen LogP contribution in [0.4, 0.5) is 5.69 Å². The van der Waals surface area contributed by atoms with Crippen LogP contribution in [0.3, 0.4) is 0 Å². The minimum absolute atomic E-state index is 0.137. The van der Waals surface area contributed by atoms with Crippen LogP contribution in [0, 0.1) is 0 Å². The number of aromatic nitrogens is 2. The van der Waals surface area contributed by atoms with Gasteiger partial charge in [-0.25, -0.2) is 0 Å². The molecule has 2 rings (SSSR count). The van der Waals surface area contributed by atoms with E-state index in [1.165, 1.54) is 0 Å².